The van der Waals surface area contributed by atoms with E-state index in [1.54, 1.807) is 11.3 Å². The van der Waals surface area contributed by atoms with E-state index in [1.807, 2.05) is 18.4 Å². The maximum absolute atomic E-state index is 6.03. The summed E-state index contributed by atoms with van der Waals surface area (Å²) in [5.41, 5.74) is 5.87. The summed E-state index contributed by atoms with van der Waals surface area (Å²) in [5, 5.41) is 14.3. The summed E-state index contributed by atoms with van der Waals surface area (Å²) < 4.78 is 7.32. The van der Waals surface area contributed by atoms with E-state index in [2.05, 4.69) is 15.3 Å². The number of aromatic nitrogens is 4. The van der Waals surface area contributed by atoms with E-state index in [4.69, 9.17) is 10.5 Å². The van der Waals surface area contributed by atoms with E-state index in [9.17, 15) is 0 Å². The first-order chi connectivity index (χ1) is 9.53. The first-order valence-electron chi connectivity index (χ1n) is 7.10. The van der Waals surface area contributed by atoms with E-state index in [0.29, 0.717) is 5.92 Å². The molecule has 1 aliphatic heterocycles. The molecule has 1 fully saturated rings. The lowest BCUT2D eigenvalue weighted by Crippen LogP contribution is -2.32. The van der Waals surface area contributed by atoms with Crippen molar-refractivity contribution in [2.45, 2.75) is 51.0 Å². The van der Waals surface area contributed by atoms with Crippen LogP contribution in [0.5, 0.6) is 0 Å². The Labute approximate surface area is 122 Å². The molecule has 7 heteroatoms. The average molecular weight is 295 g/mol. The number of nitrogens with two attached hydrogens (primary N) is 1. The molecular weight excluding hydrogens is 274 g/mol. The number of ether oxygens (including phenoxy) is 1. The molecule has 0 aliphatic carbocycles. The Bertz CT molecular complexity index is 579. The van der Waals surface area contributed by atoms with Gasteiger partial charge in [-0.2, -0.15) is 9.61 Å². The van der Waals surface area contributed by atoms with Gasteiger partial charge < -0.3 is 10.5 Å². The van der Waals surface area contributed by atoms with E-state index in [-0.39, 0.29) is 5.54 Å². The topological polar surface area (TPSA) is 78.3 Å². The van der Waals surface area contributed by atoms with Crippen molar-refractivity contribution in [3.63, 3.8) is 0 Å². The number of aryl methyl sites for hydroxylation is 1. The van der Waals surface area contributed by atoms with Crippen molar-refractivity contribution >= 4 is 16.3 Å². The summed E-state index contributed by atoms with van der Waals surface area (Å²) in [6.07, 6.45) is 3.82. The van der Waals surface area contributed by atoms with Crippen LogP contribution >= 0.6 is 11.3 Å². The smallest absolute Gasteiger partial charge is 0.234 e. The second kappa shape index (κ2) is 5.38. The summed E-state index contributed by atoms with van der Waals surface area (Å²) in [6.45, 7) is 5.69. The highest BCUT2D eigenvalue weighted by molar-refractivity contribution is 7.16. The standard InChI is InChI=1S/C13H21N5OS/c1-13(2,14)6-3-10-17-18-11(15-16-12(18)20-10)9-4-7-19-8-5-9/h9H,3-8,14H2,1-2H3. The second-order valence-corrected chi connectivity index (χ2v) is 7.16. The average Bonchev–Trinajstić information content (AvgIpc) is 2.96. The highest BCUT2D eigenvalue weighted by atomic mass is 32.1. The van der Waals surface area contributed by atoms with Gasteiger partial charge >= 0.3 is 0 Å². The Morgan fingerprint density at radius 3 is 2.80 bits per heavy atom. The molecule has 3 heterocycles. The molecule has 110 valence electrons. The minimum absolute atomic E-state index is 0.157. The Morgan fingerprint density at radius 1 is 1.35 bits per heavy atom. The molecule has 0 amide bonds. The van der Waals surface area contributed by atoms with E-state index in [0.717, 1.165) is 54.7 Å². The summed E-state index contributed by atoms with van der Waals surface area (Å²) in [7, 11) is 0. The van der Waals surface area contributed by atoms with Crippen LogP contribution in [0, 0.1) is 0 Å². The van der Waals surface area contributed by atoms with Crippen LogP contribution < -0.4 is 5.73 Å². The van der Waals surface area contributed by atoms with Crippen molar-refractivity contribution in [3.8, 4) is 0 Å². The van der Waals surface area contributed by atoms with Gasteiger partial charge in [0.05, 0.1) is 0 Å². The minimum atomic E-state index is -0.157. The van der Waals surface area contributed by atoms with Crippen molar-refractivity contribution in [2.24, 2.45) is 5.73 Å². The van der Waals surface area contributed by atoms with Crippen molar-refractivity contribution in [2.75, 3.05) is 13.2 Å². The van der Waals surface area contributed by atoms with Gasteiger partial charge in [-0.25, -0.2) is 0 Å². The first kappa shape index (κ1) is 13.9. The van der Waals surface area contributed by atoms with Crippen LogP contribution in [0.25, 0.3) is 4.96 Å². The molecule has 0 unspecified atom stereocenters. The number of hydrogen-bond donors (Lipinski definition) is 1. The van der Waals surface area contributed by atoms with Gasteiger partial charge in [-0.05, 0) is 33.1 Å². The quantitative estimate of drug-likeness (QED) is 0.929. The van der Waals surface area contributed by atoms with Crippen molar-refractivity contribution in [3.05, 3.63) is 10.8 Å². The van der Waals surface area contributed by atoms with Gasteiger partial charge in [-0.15, -0.1) is 10.2 Å². The van der Waals surface area contributed by atoms with Crippen molar-refractivity contribution in [1.29, 1.82) is 0 Å². The van der Waals surface area contributed by atoms with Gasteiger partial charge in [-0.3, -0.25) is 0 Å². The predicted octanol–water partition coefficient (Wildman–Crippen LogP) is 1.75. The molecule has 0 saturated carbocycles. The third kappa shape index (κ3) is 2.99. The van der Waals surface area contributed by atoms with E-state index < -0.39 is 0 Å². The zero-order chi connectivity index (χ0) is 14.2. The molecule has 0 radical (unpaired) electrons. The first-order valence-corrected chi connectivity index (χ1v) is 7.92. The Hall–Kier alpha value is -1.05. The van der Waals surface area contributed by atoms with Crippen LogP contribution in [0.2, 0.25) is 0 Å². The summed E-state index contributed by atoms with van der Waals surface area (Å²) >= 11 is 1.61. The van der Waals surface area contributed by atoms with Crippen LogP contribution in [0.3, 0.4) is 0 Å². The number of rotatable bonds is 4. The Balaban J connectivity index is 1.79. The van der Waals surface area contributed by atoms with Crippen LogP contribution in [0.4, 0.5) is 0 Å². The molecule has 2 aromatic rings. The zero-order valence-corrected chi connectivity index (χ0v) is 12.8. The van der Waals surface area contributed by atoms with Crippen molar-refractivity contribution in [1.82, 2.24) is 19.8 Å². The van der Waals surface area contributed by atoms with Crippen LogP contribution in [-0.4, -0.2) is 38.6 Å². The fourth-order valence-corrected chi connectivity index (χ4v) is 3.25. The highest BCUT2D eigenvalue weighted by Crippen LogP contribution is 2.27. The molecule has 3 rings (SSSR count). The molecular formula is C13H21N5OS. The van der Waals surface area contributed by atoms with Gasteiger partial charge in [0.15, 0.2) is 5.82 Å². The summed E-state index contributed by atoms with van der Waals surface area (Å²) in [4.78, 5) is 0.885. The third-order valence-corrected chi connectivity index (χ3v) is 4.59. The maximum Gasteiger partial charge on any atom is 0.234 e. The normalized spacial score (nSPS) is 17.9. The number of nitrogens with zero attached hydrogens (tertiary/aromatic N) is 4. The molecule has 1 saturated heterocycles. The molecule has 20 heavy (non-hydrogen) atoms. The van der Waals surface area contributed by atoms with Gasteiger partial charge in [0.25, 0.3) is 0 Å². The van der Waals surface area contributed by atoms with Gasteiger partial charge in [0.1, 0.15) is 5.01 Å². The molecule has 2 aromatic heterocycles. The molecule has 0 spiro atoms. The zero-order valence-electron chi connectivity index (χ0n) is 12.0. The monoisotopic (exact) mass is 295 g/mol. The third-order valence-electron chi connectivity index (χ3n) is 3.63. The Kier molecular flexibility index (Phi) is 3.74. The van der Waals surface area contributed by atoms with E-state index >= 15 is 0 Å². The molecule has 0 aromatic carbocycles. The molecule has 1 aliphatic rings. The largest absolute Gasteiger partial charge is 0.381 e. The molecule has 2 N–H and O–H groups in total. The lowest BCUT2D eigenvalue weighted by molar-refractivity contribution is 0.0831. The fraction of sp³-hybridized carbons (Fsp3) is 0.769. The van der Waals surface area contributed by atoms with Crippen LogP contribution in [0.1, 0.15) is 49.9 Å². The fourth-order valence-electron chi connectivity index (χ4n) is 2.41. The molecule has 0 bridgehead atoms. The van der Waals surface area contributed by atoms with Gasteiger partial charge in [0.2, 0.25) is 4.96 Å². The summed E-state index contributed by atoms with van der Waals surface area (Å²) in [6, 6.07) is 0. The lowest BCUT2D eigenvalue weighted by Gasteiger charge is -2.19. The molecule has 0 atom stereocenters. The van der Waals surface area contributed by atoms with Gasteiger partial charge in [0, 0.05) is 31.1 Å². The number of fused-ring (bicyclic) bond motifs is 1. The molecule has 6 nitrogen and oxygen atoms in total. The Morgan fingerprint density at radius 2 is 2.10 bits per heavy atom. The minimum Gasteiger partial charge on any atom is -0.381 e. The van der Waals surface area contributed by atoms with Crippen molar-refractivity contribution < 1.29 is 4.74 Å². The van der Waals surface area contributed by atoms with E-state index in [1.165, 1.54) is 0 Å². The predicted molar refractivity (Wildman–Crippen MR) is 78.0 cm³/mol. The van der Waals surface area contributed by atoms with Crippen LogP contribution in [0.15, 0.2) is 0 Å². The van der Waals surface area contributed by atoms with Gasteiger partial charge in [-0.1, -0.05) is 11.3 Å². The highest BCUT2D eigenvalue weighted by Gasteiger charge is 2.23. The SMILES string of the molecule is CC(C)(N)CCc1nn2c(C3CCOCC3)nnc2s1. The summed E-state index contributed by atoms with van der Waals surface area (Å²) in [5.74, 6) is 1.40. The lowest BCUT2D eigenvalue weighted by atomic mass is 10.00. The second-order valence-electron chi connectivity index (χ2n) is 6.12. The van der Waals surface area contributed by atoms with Crippen LogP contribution in [-0.2, 0) is 11.2 Å². The maximum atomic E-state index is 6.03. The number of hydrogen-bond acceptors (Lipinski definition) is 6.